The standard InChI is InChI=1S/C24H16ClNO3/c1-14-6-12-17(13-7-14)26-21(15-8-10-16(25)11-9-15)20-22(27)18-4-2-3-5-19(18)29-23(20)24(26)28/h2-13,21H,1H3/t21-/m0/s1. The average molecular weight is 402 g/mol. The summed E-state index contributed by atoms with van der Waals surface area (Å²) in [5.74, 6) is -0.235. The maximum Gasteiger partial charge on any atom is 0.295 e. The number of hydrogen-bond acceptors (Lipinski definition) is 3. The molecule has 2 heterocycles. The second-order valence-corrected chi connectivity index (χ2v) is 7.57. The van der Waals surface area contributed by atoms with E-state index in [0.717, 1.165) is 11.1 Å². The van der Waals surface area contributed by atoms with E-state index < -0.39 is 6.04 Å². The van der Waals surface area contributed by atoms with Crippen molar-refractivity contribution < 1.29 is 9.21 Å². The minimum Gasteiger partial charge on any atom is -0.450 e. The van der Waals surface area contributed by atoms with E-state index in [1.165, 1.54) is 0 Å². The molecule has 0 aliphatic carbocycles. The van der Waals surface area contributed by atoms with Crippen LogP contribution in [0.5, 0.6) is 0 Å². The van der Waals surface area contributed by atoms with Crippen LogP contribution in [0.1, 0.15) is 33.3 Å². The molecule has 142 valence electrons. The summed E-state index contributed by atoms with van der Waals surface area (Å²) in [5.41, 5.74) is 3.16. The lowest BCUT2D eigenvalue weighted by Crippen LogP contribution is -2.29. The lowest BCUT2D eigenvalue weighted by molar-refractivity contribution is 0.0971. The van der Waals surface area contributed by atoms with E-state index in [1.807, 2.05) is 43.3 Å². The van der Waals surface area contributed by atoms with Gasteiger partial charge in [0.25, 0.3) is 5.91 Å². The monoisotopic (exact) mass is 401 g/mol. The smallest absolute Gasteiger partial charge is 0.295 e. The summed E-state index contributed by atoms with van der Waals surface area (Å²) in [7, 11) is 0. The highest BCUT2D eigenvalue weighted by molar-refractivity contribution is 6.30. The van der Waals surface area contributed by atoms with Crippen LogP contribution in [0, 0.1) is 6.92 Å². The lowest BCUT2D eigenvalue weighted by Gasteiger charge is -2.25. The second kappa shape index (κ2) is 6.61. The summed E-state index contributed by atoms with van der Waals surface area (Å²) in [5, 5.41) is 1.05. The number of nitrogens with zero attached hydrogens (tertiary/aromatic N) is 1. The highest BCUT2D eigenvalue weighted by Crippen LogP contribution is 2.41. The molecule has 0 fully saturated rings. The number of aryl methyl sites for hydroxylation is 1. The fourth-order valence-corrected chi connectivity index (χ4v) is 3.98. The zero-order valence-electron chi connectivity index (χ0n) is 15.6. The normalized spacial score (nSPS) is 15.7. The van der Waals surface area contributed by atoms with E-state index in [-0.39, 0.29) is 17.1 Å². The molecule has 1 atom stereocenters. The van der Waals surface area contributed by atoms with Crippen LogP contribution in [-0.2, 0) is 0 Å². The van der Waals surface area contributed by atoms with Gasteiger partial charge >= 0.3 is 0 Å². The number of carbonyl (C=O) groups is 1. The van der Waals surface area contributed by atoms with Crippen LogP contribution in [0.25, 0.3) is 11.0 Å². The summed E-state index contributed by atoms with van der Waals surface area (Å²) < 4.78 is 5.93. The van der Waals surface area contributed by atoms with Crippen molar-refractivity contribution in [3.8, 4) is 0 Å². The molecule has 0 radical (unpaired) electrons. The zero-order chi connectivity index (χ0) is 20.1. The zero-order valence-corrected chi connectivity index (χ0v) is 16.3. The fraction of sp³-hybridized carbons (Fsp3) is 0.0833. The maximum absolute atomic E-state index is 13.4. The van der Waals surface area contributed by atoms with Crippen molar-refractivity contribution in [2.75, 3.05) is 4.90 Å². The van der Waals surface area contributed by atoms with Crippen molar-refractivity contribution in [2.24, 2.45) is 0 Å². The molecule has 0 N–H and O–H groups in total. The van der Waals surface area contributed by atoms with E-state index in [4.69, 9.17) is 16.0 Å². The molecule has 0 spiro atoms. The summed E-state index contributed by atoms with van der Waals surface area (Å²) in [6.07, 6.45) is 0. The van der Waals surface area contributed by atoms with Crippen molar-refractivity contribution >= 4 is 34.2 Å². The summed E-state index contributed by atoms with van der Waals surface area (Å²) in [4.78, 5) is 28.4. The van der Waals surface area contributed by atoms with Crippen LogP contribution in [0.4, 0.5) is 5.69 Å². The first-order chi connectivity index (χ1) is 14.0. The Morgan fingerprint density at radius 2 is 1.59 bits per heavy atom. The van der Waals surface area contributed by atoms with Gasteiger partial charge in [-0.05, 0) is 48.9 Å². The minimum absolute atomic E-state index is 0.0919. The molecule has 1 amide bonds. The average Bonchev–Trinajstić information content (AvgIpc) is 3.02. The van der Waals surface area contributed by atoms with Gasteiger partial charge in [-0.1, -0.05) is 53.6 Å². The summed E-state index contributed by atoms with van der Waals surface area (Å²) >= 11 is 6.07. The molecule has 1 aliphatic heterocycles. The van der Waals surface area contributed by atoms with Crippen LogP contribution in [0.3, 0.4) is 0 Å². The number of anilines is 1. The first-order valence-electron chi connectivity index (χ1n) is 9.26. The molecule has 4 nitrogen and oxygen atoms in total. The molecule has 0 saturated heterocycles. The molecule has 0 unspecified atom stereocenters. The Morgan fingerprint density at radius 1 is 0.897 bits per heavy atom. The van der Waals surface area contributed by atoms with E-state index in [0.29, 0.717) is 27.2 Å². The van der Waals surface area contributed by atoms with Gasteiger partial charge in [-0.15, -0.1) is 0 Å². The number of hydrogen-bond donors (Lipinski definition) is 0. The summed E-state index contributed by atoms with van der Waals surface area (Å²) in [6, 6.07) is 21.3. The van der Waals surface area contributed by atoms with Crippen molar-refractivity contribution in [2.45, 2.75) is 13.0 Å². The van der Waals surface area contributed by atoms with Crippen molar-refractivity contribution in [3.63, 3.8) is 0 Å². The van der Waals surface area contributed by atoms with Crippen LogP contribution in [0.15, 0.2) is 82.0 Å². The first-order valence-corrected chi connectivity index (χ1v) is 9.64. The second-order valence-electron chi connectivity index (χ2n) is 7.13. The van der Waals surface area contributed by atoms with E-state index in [2.05, 4.69) is 0 Å². The van der Waals surface area contributed by atoms with E-state index in [9.17, 15) is 9.59 Å². The maximum atomic E-state index is 13.4. The Balaban J connectivity index is 1.81. The third-order valence-electron chi connectivity index (χ3n) is 5.28. The molecular formula is C24H16ClNO3. The number of para-hydroxylation sites is 1. The highest BCUT2D eigenvalue weighted by Gasteiger charge is 2.43. The van der Waals surface area contributed by atoms with Crippen LogP contribution in [0.2, 0.25) is 5.02 Å². The van der Waals surface area contributed by atoms with Crippen LogP contribution in [-0.4, -0.2) is 5.91 Å². The first kappa shape index (κ1) is 17.7. The molecule has 0 saturated carbocycles. The van der Waals surface area contributed by atoms with Gasteiger partial charge in [0.05, 0.1) is 17.0 Å². The molecule has 5 heteroatoms. The number of rotatable bonds is 2. The SMILES string of the molecule is Cc1ccc(N2C(=O)c3oc4ccccc4c(=O)c3[C@@H]2c2ccc(Cl)cc2)cc1. The van der Waals surface area contributed by atoms with Gasteiger partial charge < -0.3 is 4.42 Å². The van der Waals surface area contributed by atoms with E-state index in [1.54, 1.807) is 41.3 Å². The van der Waals surface area contributed by atoms with Gasteiger partial charge in [0.2, 0.25) is 5.76 Å². The number of amides is 1. The van der Waals surface area contributed by atoms with Crippen molar-refractivity contribution in [1.29, 1.82) is 0 Å². The third-order valence-corrected chi connectivity index (χ3v) is 5.53. The number of carbonyl (C=O) groups excluding carboxylic acids is 1. The molecule has 1 aliphatic rings. The van der Waals surface area contributed by atoms with Gasteiger partial charge in [0, 0.05) is 10.7 Å². The topological polar surface area (TPSA) is 50.5 Å². The Hall–Kier alpha value is -3.37. The van der Waals surface area contributed by atoms with E-state index >= 15 is 0 Å². The number of halogens is 1. The largest absolute Gasteiger partial charge is 0.450 e. The molecule has 3 aromatic carbocycles. The Morgan fingerprint density at radius 3 is 2.31 bits per heavy atom. The van der Waals surface area contributed by atoms with Crippen LogP contribution >= 0.6 is 11.6 Å². The molecule has 5 rings (SSSR count). The highest BCUT2D eigenvalue weighted by atomic mass is 35.5. The molecule has 4 aromatic rings. The summed E-state index contributed by atoms with van der Waals surface area (Å²) in [6.45, 7) is 1.98. The Labute approximate surface area is 172 Å². The van der Waals surface area contributed by atoms with Crippen LogP contribution < -0.4 is 10.3 Å². The van der Waals surface area contributed by atoms with Gasteiger partial charge in [-0.3, -0.25) is 14.5 Å². The fourth-order valence-electron chi connectivity index (χ4n) is 3.85. The Bertz CT molecular complexity index is 1310. The van der Waals surface area contributed by atoms with Gasteiger partial charge in [-0.2, -0.15) is 0 Å². The predicted octanol–water partition coefficient (Wildman–Crippen LogP) is 5.50. The Kier molecular flexibility index (Phi) is 4.03. The number of benzene rings is 3. The van der Waals surface area contributed by atoms with Crippen molar-refractivity contribution in [3.05, 3.63) is 110 Å². The lowest BCUT2D eigenvalue weighted by atomic mass is 9.98. The van der Waals surface area contributed by atoms with Gasteiger partial charge in [0.15, 0.2) is 5.43 Å². The quantitative estimate of drug-likeness (QED) is 0.445. The molecule has 1 aromatic heterocycles. The third kappa shape index (κ3) is 2.76. The van der Waals surface area contributed by atoms with Gasteiger partial charge in [0.1, 0.15) is 5.58 Å². The molecule has 0 bridgehead atoms. The predicted molar refractivity (Wildman–Crippen MR) is 114 cm³/mol. The van der Waals surface area contributed by atoms with Crippen molar-refractivity contribution in [1.82, 2.24) is 0 Å². The minimum atomic E-state index is -0.585. The molecular weight excluding hydrogens is 386 g/mol. The molecule has 29 heavy (non-hydrogen) atoms. The van der Waals surface area contributed by atoms with Gasteiger partial charge in [-0.25, -0.2) is 0 Å². The number of fused-ring (bicyclic) bond motifs is 2.